The van der Waals surface area contributed by atoms with E-state index < -0.39 is 26.6 Å². The molecule has 0 saturated carbocycles. The Morgan fingerprint density at radius 3 is 2.47 bits per heavy atom. The summed E-state index contributed by atoms with van der Waals surface area (Å²) in [6.45, 7) is 2.92. The SMILES string of the molecule is CC(c1nc2ccccc2c(=O)[nH]1)N1CCN(S(=O)(=O)c2ccc(F)cc2F)CC1. The number of hydrogen-bond donors (Lipinski definition) is 1. The molecule has 2 aromatic carbocycles. The Balaban J connectivity index is 1.51. The summed E-state index contributed by atoms with van der Waals surface area (Å²) < 4.78 is 53.8. The predicted molar refractivity (Wildman–Crippen MR) is 107 cm³/mol. The van der Waals surface area contributed by atoms with Crippen molar-refractivity contribution in [3.63, 3.8) is 0 Å². The zero-order valence-corrected chi connectivity index (χ0v) is 17.0. The number of nitrogens with one attached hydrogen (secondary N) is 1. The van der Waals surface area contributed by atoms with Gasteiger partial charge in [0.1, 0.15) is 22.4 Å². The van der Waals surface area contributed by atoms with E-state index in [0.29, 0.717) is 35.9 Å². The Kier molecular flexibility index (Phi) is 5.39. The van der Waals surface area contributed by atoms with Crippen LogP contribution in [0.4, 0.5) is 8.78 Å². The van der Waals surface area contributed by atoms with Crippen molar-refractivity contribution in [3.05, 3.63) is 70.3 Å². The van der Waals surface area contributed by atoms with Crippen LogP contribution in [0.2, 0.25) is 0 Å². The summed E-state index contributed by atoms with van der Waals surface area (Å²) in [5.41, 5.74) is 0.367. The minimum absolute atomic E-state index is 0.140. The van der Waals surface area contributed by atoms with Gasteiger partial charge in [0.2, 0.25) is 10.0 Å². The first-order chi connectivity index (χ1) is 14.3. The normalized spacial score (nSPS) is 17.3. The smallest absolute Gasteiger partial charge is 0.258 e. The van der Waals surface area contributed by atoms with Crippen molar-refractivity contribution >= 4 is 20.9 Å². The van der Waals surface area contributed by atoms with Crippen LogP contribution in [0.3, 0.4) is 0 Å². The lowest BCUT2D eigenvalue weighted by atomic mass is 10.2. The molecule has 1 aliphatic rings. The quantitative estimate of drug-likeness (QED) is 0.681. The lowest BCUT2D eigenvalue weighted by Gasteiger charge is -2.37. The number of rotatable bonds is 4. The monoisotopic (exact) mass is 434 g/mol. The zero-order valence-electron chi connectivity index (χ0n) is 16.2. The number of halogens is 2. The van der Waals surface area contributed by atoms with Gasteiger partial charge in [-0.2, -0.15) is 4.31 Å². The number of fused-ring (bicyclic) bond motifs is 1. The lowest BCUT2D eigenvalue weighted by Crippen LogP contribution is -2.49. The maximum atomic E-state index is 14.0. The van der Waals surface area contributed by atoms with Crippen LogP contribution in [0, 0.1) is 11.6 Å². The highest BCUT2D eigenvalue weighted by molar-refractivity contribution is 7.89. The van der Waals surface area contributed by atoms with Crippen molar-refractivity contribution in [1.29, 1.82) is 0 Å². The summed E-state index contributed by atoms with van der Waals surface area (Å²) in [7, 11) is -4.07. The molecule has 1 N–H and O–H groups in total. The number of piperazine rings is 1. The second kappa shape index (κ2) is 7.86. The predicted octanol–water partition coefficient (Wildman–Crippen LogP) is 2.27. The summed E-state index contributed by atoms with van der Waals surface area (Å²) >= 11 is 0. The fourth-order valence-electron chi connectivity index (χ4n) is 3.63. The highest BCUT2D eigenvalue weighted by Gasteiger charge is 2.32. The van der Waals surface area contributed by atoms with Crippen LogP contribution in [0.1, 0.15) is 18.8 Å². The van der Waals surface area contributed by atoms with Gasteiger partial charge in [0.25, 0.3) is 5.56 Å². The average Bonchev–Trinajstić information content (AvgIpc) is 2.73. The molecule has 30 heavy (non-hydrogen) atoms. The first kappa shape index (κ1) is 20.6. The van der Waals surface area contributed by atoms with Gasteiger partial charge in [-0.1, -0.05) is 12.1 Å². The molecule has 0 bridgehead atoms. The van der Waals surface area contributed by atoms with Crippen molar-refractivity contribution in [2.24, 2.45) is 0 Å². The standard InChI is InChI=1S/C20H20F2N4O3S/c1-13(19-23-17-5-3-2-4-15(17)20(27)24-19)25-8-10-26(11-9-25)30(28,29)18-7-6-14(21)12-16(18)22/h2-7,12-13H,8-11H2,1H3,(H,23,24,27). The van der Waals surface area contributed by atoms with Crippen molar-refractivity contribution in [3.8, 4) is 0 Å². The van der Waals surface area contributed by atoms with E-state index in [1.807, 2.05) is 11.8 Å². The minimum Gasteiger partial charge on any atom is -0.309 e. The fraction of sp³-hybridized carbons (Fsp3) is 0.300. The molecule has 0 spiro atoms. The molecule has 1 unspecified atom stereocenters. The van der Waals surface area contributed by atoms with Crippen molar-refractivity contribution in [2.45, 2.75) is 17.9 Å². The van der Waals surface area contributed by atoms with Gasteiger partial charge in [-0.15, -0.1) is 0 Å². The van der Waals surface area contributed by atoms with Crippen LogP contribution >= 0.6 is 0 Å². The van der Waals surface area contributed by atoms with Crippen molar-refractivity contribution < 1.29 is 17.2 Å². The van der Waals surface area contributed by atoms with Gasteiger partial charge in [0, 0.05) is 32.2 Å². The van der Waals surface area contributed by atoms with E-state index in [-0.39, 0.29) is 24.7 Å². The third-order valence-electron chi connectivity index (χ3n) is 5.36. The summed E-state index contributed by atoms with van der Waals surface area (Å²) in [6.07, 6.45) is 0. The molecule has 0 amide bonds. The summed E-state index contributed by atoms with van der Waals surface area (Å²) in [5.74, 6) is -1.44. The molecule has 1 fully saturated rings. The Morgan fingerprint density at radius 1 is 1.07 bits per heavy atom. The molecule has 1 saturated heterocycles. The largest absolute Gasteiger partial charge is 0.309 e. The van der Waals surface area contributed by atoms with E-state index in [2.05, 4.69) is 9.97 Å². The van der Waals surface area contributed by atoms with E-state index in [1.54, 1.807) is 24.3 Å². The van der Waals surface area contributed by atoms with Crippen molar-refractivity contribution in [1.82, 2.24) is 19.2 Å². The van der Waals surface area contributed by atoms with Gasteiger partial charge in [-0.3, -0.25) is 9.69 Å². The molecular weight excluding hydrogens is 414 g/mol. The zero-order chi connectivity index (χ0) is 21.5. The van der Waals surface area contributed by atoms with Crippen LogP contribution in [-0.4, -0.2) is 53.8 Å². The summed E-state index contributed by atoms with van der Waals surface area (Å²) in [4.78, 5) is 21.1. The van der Waals surface area contributed by atoms with Crippen LogP contribution in [0.25, 0.3) is 10.9 Å². The van der Waals surface area contributed by atoms with E-state index in [1.165, 1.54) is 4.31 Å². The first-order valence-electron chi connectivity index (χ1n) is 9.45. The number of hydrogen-bond acceptors (Lipinski definition) is 5. The number of para-hydroxylation sites is 1. The summed E-state index contributed by atoms with van der Waals surface area (Å²) in [6, 6.07) is 9.24. The number of H-pyrrole nitrogens is 1. The number of sulfonamides is 1. The number of nitrogens with zero attached hydrogens (tertiary/aromatic N) is 3. The number of aromatic amines is 1. The number of aromatic nitrogens is 2. The van der Waals surface area contributed by atoms with Gasteiger partial charge in [-0.25, -0.2) is 22.2 Å². The van der Waals surface area contributed by atoms with Crippen LogP contribution < -0.4 is 5.56 Å². The van der Waals surface area contributed by atoms with Crippen LogP contribution in [-0.2, 0) is 10.0 Å². The maximum Gasteiger partial charge on any atom is 0.258 e. The second-order valence-electron chi connectivity index (χ2n) is 7.16. The molecule has 4 rings (SSSR count). The maximum absolute atomic E-state index is 14.0. The highest BCUT2D eigenvalue weighted by Crippen LogP contribution is 2.24. The van der Waals surface area contributed by atoms with Gasteiger partial charge >= 0.3 is 0 Å². The molecule has 2 heterocycles. The highest BCUT2D eigenvalue weighted by atomic mass is 32.2. The molecule has 0 radical (unpaired) electrons. The molecule has 1 aromatic heterocycles. The Labute approximate surface area is 172 Å². The Bertz CT molecular complexity index is 1250. The minimum atomic E-state index is -4.07. The first-order valence-corrected chi connectivity index (χ1v) is 10.9. The van der Waals surface area contributed by atoms with Crippen LogP contribution in [0.5, 0.6) is 0 Å². The third-order valence-corrected chi connectivity index (χ3v) is 7.29. The average molecular weight is 434 g/mol. The second-order valence-corrected chi connectivity index (χ2v) is 9.07. The molecule has 1 aliphatic heterocycles. The van der Waals surface area contributed by atoms with Crippen molar-refractivity contribution in [2.75, 3.05) is 26.2 Å². The Hall–Kier alpha value is -2.69. The van der Waals surface area contributed by atoms with Crippen LogP contribution in [0.15, 0.2) is 52.2 Å². The fourth-order valence-corrected chi connectivity index (χ4v) is 5.10. The molecule has 158 valence electrons. The lowest BCUT2D eigenvalue weighted by molar-refractivity contribution is 0.141. The van der Waals surface area contributed by atoms with Gasteiger partial charge in [0.05, 0.1) is 16.9 Å². The van der Waals surface area contributed by atoms with E-state index >= 15 is 0 Å². The van der Waals surface area contributed by atoms with Gasteiger partial charge in [0.15, 0.2) is 0 Å². The summed E-state index contributed by atoms with van der Waals surface area (Å²) in [5, 5.41) is 0.505. The molecule has 7 nitrogen and oxygen atoms in total. The van der Waals surface area contributed by atoms with E-state index in [0.717, 1.165) is 12.1 Å². The van der Waals surface area contributed by atoms with E-state index in [4.69, 9.17) is 0 Å². The van der Waals surface area contributed by atoms with Gasteiger partial charge in [-0.05, 0) is 31.2 Å². The molecular formula is C20H20F2N4O3S. The molecule has 10 heteroatoms. The molecule has 3 aromatic rings. The number of benzene rings is 2. The van der Waals surface area contributed by atoms with Gasteiger partial charge < -0.3 is 4.98 Å². The third kappa shape index (κ3) is 3.73. The molecule has 0 aliphatic carbocycles. The molecule has 1 atom stereocenters. The topological polar surface area (TPSA) is 86.4 Å². The van der Waals surface area contributed by atoms with E-state index in [9.17, 15) is 22.0 Å². The Morgan fingerprint density at radius 2 is 1.77 bits per heavy atom.